The lowest BCUT2D eigenvalue weighted by atomic mass is 10.2. The summed E-state index contributed by atoms with van der Waals surface area (Å²) in [6, 6.07) is 14.5. The van der Waals surface area contributed by atoms with Gasteiger partial charge in [-0.25, -0.2) is 9.67 Å². The van der Waals surface area contributed by atoms with Crippen LogP contribution in [0, 0.1) is 0 Å². The molecular formula is C22H25F2N5O2. The van der Waals surface area contributed by atoms with Gasteiger partial charge in [-0.05, 0) is 48.9 Å². The van der Waals surface area contributed by atoms with Crippen molar-refractivity contribution in [2.45, 2.75) is 26.6 Å². The molecule has 1 heterocycles. The van der Waals surface area contributed by atoms with E-state index in [1.54, 1.807) is 23.0 Å². The highest BCUT2D eigenvalue weighted by molar-refractivity contribution is 5.79. The van der Waals surface area contributed by atoms with Crippen molar-refractivity contribution >= 4 is 5.96 Å². The number of hydrogen-bond acceptors (Lipinski definition) is 4. The van der Waals surface area contributed by atoms with E-state index < -0.39 is 6.61 Å². The van der Waals surface area contributed by atoms with E-state index in [1.165, 1.54) is 13.2 Å². The minimum Gasteiger partial charge on any atom is -0.497 e. The Kier molecular flexibility index (Phi) is 7.80. The van der Waals surface area contributed by atoms with Gasteiger partial charge in [0.05, 0.1) is 19.3 Å². The number of halogens is 2. The lowest BCUT2D eigenvalue weighted by Gasteiger charge is -2.15. The van der Waals surface area contributed by atoms with Crippen LogP contribution in [-0.4, -0.2) is 36.0 Å². The van der Waals surface area contributed by atoms with Crippen molar-refractivity contribution in [1.82, 2.24) is 20.4 Å². The van der Waals surface area contributed by atoms with Gasteiger partial charge in [0, 0.05) is 31.0 Å². The van der Waals surface area contributed by atoms with Crippen molar-refractivity contribution in [1.29, 1.82) is 0 Å². The number of nitrogens with zero attached hydrogens (tertiary/aromatic N) is 3. The molecule has 0 spiro atoms. The zero-order valence-electron chi connectivity index (χ0n) is 17.4. The molecule has 0 atom stereocenters. The zero-order chi connectivity index (χ0) is 22.1. The summed E-state index contributed by atoms with van der Waals surface area (Å²) in [5.74, 6) is 1.19. The SMILES string of the molecule is CCNC(=NCc1cccc(-n2cccn2)c1)NCc1cc(OC)ccc1OC(F)F. The number of methoxy groups -OCH3 is 1. The van der Waals surface area contributed by atoms with E-state index in [0.29, 0.717) is 30.4 Å². The molecule has 2 aromatic carbocycles. The van der Waals surface area contributed by atoms with Gasteiger partial charge >= 0.3 is 6.61 Å². The van der Waals surface area contributed by atoms with Crippen LogP contribution in [0.3, 0.4) is 0 Å². The molecule has 0 amide bonds. The Morgan fingerprint density at radius 2 is 2.03 bits per heavy atom. The first-order valence-electron chi connectivity index (χ1n) is 9.82. The summed E-state index contributed by atoms with van der Waals surface area (Å²) in [6.07, 6.45) is 3.60. The van der Waals surface area contributed by atoms with Crippen molar-refractivity contribution in [3.05, 3.63) is 72.1 Å². The predicted molar refractivity (Wildman–Crippen MR) is 115 cm³/mol. The second-order valence-corrected chi connectivity index (χ2v) is 6.52. The molecule has 0 radical (unpaired) electrons. The first kappa shape index (κ1) is 22.1. The Labute approximate surface area is 179 Å². The Morgan fingerprint density at radius 3 is 2.74 bits per heavy atom. The fourth-order valence-electron chi connectivity index (χ4n) is 2.94. The standard InChI is InChI=1S/C22H25F2N5O2/c1-3-25-22(26-14-16-6-4-7-18(12-16)29-11-5-10-28-29)27-15-17-13-19(30-2)8-9-20(17)31-21(23)24/h4-13,21H,3,14-15H2,1-2H3,(H2,25,26,27). The van der Waals surface area contributed by atoms with Gasteiger partial charge in [-0.2, -0.15) is 13.9 Å². The maximum atomic E-state index is 12.7. The third-order valence-corrected chi connectivity index (χ3v) is 4.37. The lowest BCUT2D eigenvalue weighted by Crippen LogP contribution is -2.36. The molecule has 9 heteroatoms. The second kappa shape index (κ2) is 11.0. The molecule has 0 fully saturated rings. The van der Waals surface area contributed by atoms with E-state index in [2.05, 4.69) is 25.5 Å². The number of aromatic nitrogens is 2. The molecule has 0 saturated carbocycles. The van der Waals surface area contributed by atoms with Crippen LogP contribution in [0.1, 0.15) is 18.1 Å². The van der Waals surface area contributed by atoms with Crippen molar-refractivity contribution < 1.29 is 18.3 Å². The van der Waals surface area contributed by atoms with Gasteiger partial charge in [-0.3, -0.25) is 0 Å². The van der Waals surface area contributed by atoms with Gasteiger partial charge in [0.25, 0.3) is 0 Å². The molecule has 0 aliphatic carbocycles. The molecular weight excluding hydrogens is 404 g/mol. The van der Waals surface area contributed by atoms with Gasteiger partial charge in [0.2, 0.25) is 0 Å². The van der Waals surface area contributed by atoms with Gasteiger partial charge in [-0.15, -0.1) is 0 Å². The van der Waals surface area contributed by atoms with Crippen LogP contribution < -0.4 is 20.1 Å². The Morgan fingerprint density at radius 1 is 1.16 bits per heavy atom. The minimum absolute atomic E-state index is 0.0890. The maximum absolute atomic E-state index is 12.7. The lowest BCUT2D eigenvalue weighted by molar-refractivity contribution is -0.0504. The first-order valence-corrected chi connectivity index (χ1v) is 9.82. The smallest absolute Gasteiger partial charge is 0.387 e. The van der Waals surface area contributed by atoms with Crippen LogP contribution in [0.2, 0.25) is 0 Å². The van der Waals surface area contributed by atoms with Gasteiger partial charge < -0.3 is 20.1 Å². The Hall–Kier alpha value is -3.62. The van der Waals surface area contributed by atoms with Crippen molar-refractivity contribution in [2.24, 2.45) is 4.99 Å². The first-order chi connectivity index (χ1) is 15.1. The molecule has 31 heavy (non-hydrogen) atoms. The van der Waals surface area contributed by atoms with Crippen LogP contribution in [0.4, 0.5) is 8.78 Å². The summed E-state index contributed by atoms with van der Waals surface area (Å²) in [4.78, 5) is 4.60. The average Bonchev–Trinajstić information content (AvgIpc) is 3.31. The third kappa shape index (κ3) is 6.43. The van der Waals surface area contributed by atoms with E-state index in [9.17, 15) is 8.78 Å². The number of aliphatic imine (C=N–C) groups is 1. The van der Waals surface area contributed by atoms with Crippen LogP contribution in [-0.2, 0) is 13.1 Å². The van der Waals surface area contributed by atoms with E-state index in [0.717, 1.165) is 11.3 Å². The molecule has 164 valence electrons. The average molecular weight is 429 g/mol. The van der Waals surface area contributed by atoms with Crippen LogP contribution in [0.5, 0.6) is 11.5 Å². The number of nitrogens with one attached hydrogen (secondary N) is 2. The molecule has 3 rings (SSSR count). The van der Waals surface area contributed by atoms with E-state index in [1.807, 2.05) is 43.5 Å². The minimum atomic E-state index is -2.91. The number of rotatable bonds is 9. The van der Waals surface area contributed by atoms with Crippen molar-refractivity contribution in [2.75, 3.05) is 13.7 Å². The summed E-state index contributed by atoms with van der Waals surface area (Å²) in [7, 11) is 1.52. The Bertz CT molecular complexity index is 993. The van der Waals surface area contributed by atoms with Gasteiger partial charge in [0.15, 0.2) is 5.96 Å². The third-order valence-electron chi connectivity index (χ3n) is 4.37. The number of hydrogen-bond donors (Lipinski definition) is 2. The molecule has 7 nitrogen and oxygen atoms in total. The number of alkyl halides is 2. The fourth-order valence-corrected chi connectivity index (χ4v) is 2.94. The van der Waals surface area contributed by atoms with Crippen LogP contribution in [0.25, 0.3) is 5.69 Å². The number of ether oxygens (including phenoxy) is 2. The molecule has 0 aliphatic rings. The topological polar surface area (TPSA) is 72.7 Å². The summed E-state index contributed by atoms with van der Waals surface area (Å²) in [5.41, 5.74) is 2.49. The second-order valence-electron chi connectivity index (χ2n) is 6.52. The van der Waals surface area contributed by atoms with E-state index in [-0.39, 0.29) is 12.3 Å². The highest BCUT2D eigenvalue weighted by Crippen LogP contribution is 2.25. The molecule has 0 unspecified atom stereocenters. The van der Waals surface area contributed by atoms with Crippen LogP contribution >= 0.6 is 0 Å². The quantitative estimate of drug-likeness (QED) is 0.401. The summed E-state index contributed by atoms with van der Waals surface area (Å²) in [5, 5.41) is 10.5. The van der Waals surface area contributed by atoms with E-state index in [4.69, 9.17) is 4.74 Å². The highest BCUT2D eigenvalue weighted by Gasteiger charge is 2.11. The summed E-state index contributed by atoms with van der Waals surface area (Å²) in [6.45, 7) is 0.363. The number of benzene rings is 2. The normalized spacial score (nSPS) is 11.5. The predicted octanol–water partition coefficient (Wildman–Crippen LogP) is 3.74. The maximum Gasteiger partial charge on any atom is 0.387 e. The van der Waals surface area contributed by atoms with Gasteiger partial charge in [0.1, 0.15) is 11.5 Å². The molecule has 0 bridgehead atoms. The van der Waals surface area contributed by atoms with Gasteiger partial charge in [-0.1, -0.05) is 12.1 Å². The van der Waals surface area contributed by atoms with Crippen molar-refractivity contribution in [3.63, 3.8) is 0 Å². The molecule has 1 aromatic heterocycles. The van der Waals surface area contributed by atoms with E-state index >= 15 is 0 Å². The summed E-state index contributed by atoms with van der Waals surface area (Å²) < 4.78 is 37.1. The molecule has 0 saturated heterocycles. The number of guanidine groups is 1. The molecule has 0 aliphatic heterocycles. The highest BCUT2D eigenvalue weighted by atomic mass is 19.3. The largest absolute Gasteiger partial charge is 0.497 e. The van der Waals surface area contributed by atoms with Crippen LogP contribution in [0.15, 0.2) is 65.9 Å². The summed E-state index contributed by atoms with van der Waals surface area (Å²) >= 11 is 0. The molecule has 3 aromatic rings. The monoisotopic (exact) mass is 429 g/mol. The molecule has 2 N–H and O–H groups in total. The fraction of sp³-hybridized carbons (Fsp3) is 0.273. The Balaban J connectivity index is 1.72. The van der Waals surface area contributed by atoms with Crippen molar-refractivity contribution in [3.8, 4) is 17.2 Å². The zero-order valence-corrected chi connectivity index (χ0v) is 17.4.